The molecule has 34 heavy (non-hydrogen) atoms. The van der Waals surface area contributed by atoms with Crippen LogP contribution in [0.2, 0.25) is 5.02 Å². The molecule has 0 bridgehead atoms. The molecule has 0 fully saturated rings. The number of aromatic nitrogens is 2. The van der Waals surface area contributed by atoms with E-state index in [1.165, 1.54) is 36.4 Å². The summed E-state index contributed by atoms with van der Waals surface area (Å²) in [6, 6.07) is 14.8. The highest BCUT2D eigenvalue weighted by molar-refractivity contribution is 6.32. The quantitative estimate of drug-likeness (QED) is 0.261. The van der Waals surface area contributed by atoms with Crippen molar-refractivity contribution in [3.63, 3.8) is 0 Å². The SMILES string of the molecule is O=C(Nc1cc(F)c(F)cc1F)c1ccc(-c2cc(C(F)(F)F)nn2-c2c#cccc2Cl)cc1. The van der Waals surface area contributed by atoms with Crippen LogP contribution < -0.4 is 5.32 Å². The zero-order valence-corrected chi connectivity index (χ0v) is 17.4. The summed E-state index contributed by atoms with van der Waals surface area (Å²) in [6.45, 7) is 0. The number of alkyl halides is 3. The van der Waals surface area contributed by atoms with Gasteiger partial charge in [-0.3, -0.25) is 4.79 Å². The lowest BCUT2D eigenvalue weighted by Gasteiger charge is -2.09. The number of halogens is 7. The zero-order chi connectivity index (χ0) is 24.6. The van der Waals surface area contributed by atoms with Crippen molar-refractivity contribution in [1.29, 1.82) is 0 Å². The van der Waals surface area contributed by atoms with Crippen molar-refractivity contribution >= 4 is 23.2 Å². The van der Waals surface area contributed by atoms with Gasteiger partial charge in [0.05, 0.1) is 16.4 Å². The minimum absolute atomic E-state index is 0.00341. The van der Waals surface area contributed by atoms with Gasteiger partial charge < -0.3 is 5.32 Å². The fourth-order valence-corrected chi connectivity index (χ4v) is 3.21. The monoisotopic (exact) mass is 493 g/mol. The van der Waals surface area contributed by atoms with Crippen LogP contribution in [0.4, 0.5) is 32.0 Å². The highest BCUT2D eigenvalue weighted by Crippen LogP contribution is 2.34. The van der Waals surface area contributed by atoms with Crippen molar-refractivity contribution < 1.29 is 31.1 Å². The lowest BCUT2D eigenvalue weighted by atomic mass is 10.1. The Morgan fingerprint density at radius 1 is 0.971 bits per heavy atom. The van der Waals surface area contributed by atoms with E-state index in [2.05, 4.69) is 22.5 Å². The van der Waals surface area contributed by atoms with E-state index in [0.29, 0.717) is 6.07 Å². The molecule has 4 nitrogen and oxygen atoms in total. The Labute approximate surface area is 193 Å². The van der Waals surface area contributed by atoms with Crippen LogP contribution in [0.3, 0.4) is 0 Å². The first-order valence-corrected chi connectivity index (χ1v) is 9.74. The fourth-order valence-electron chi connectivity index (χ4n) is 3.02. The maximum atomic E-state index is 13.8. The summed E-state index contributed by atoms with van der Waals surface area (Å²) in [7, 11) is 0. The number of anilines is 1. The van der Waals surface area contributed by atoms with E-state index in [9.17, 15) is 31.1 Å². The van der Waals surface area contributed by atoms with Gasteiger partial charge >= 0.3 is 6.18 Å². The van der Waals surface area contributed by atoms with Gasteiger partial charge in [0.2, 0.25) is 0 Å². The molecule has 1 N–H and O–H groups in total. The summed E-state index contributed by atoms with van der Waals surface area (Å²) in [4.78, 5) is 12.4. The van der Waals surface area contributed by atoms with Crippen LogP contribution in [0.1, 0.15) is 16.1 Å². The molecule has 3 aromatic carbocycles. The second-order valence-corrected chi connectivity index (χ2v) is 7.31. The highest BCUT2D eigenvalue weighted by atomic mass is 35.5. The smallest absolute Gasteiger partial charge is 0.319 e. The maximum absolute atomic E-state index is 13.8. The van der Waals surface area contributed by atoms with Crippen molar-refractivity contribution in [3.8, 4) is 16.9 Å². The Balaban J connectivity index is 1.68. The largest absolute Gasteiger partial charge is 0.435 e. The normalized spacial score (nSPS) is 11.3. The third-order valence-electron chi connectivity index (χ3n) is 4.64. The van der Waals surface area contributed by atoms with Gasteiger partial charge in [0.1, 0.15) is 11.5 Å². The molecule has 4 rings (SSSR count). The average Bonchev–Trinajstić information content (AvgIpc) is 3.24. The second-order valence-electron chi connectivity index (χ2n) is 6.90. The molecule has 1 amide bonds. The molecular weight excluding hydrogens is 484 g/mol. The molecule has 1 heterocycles. The first kappa shape index (κ1) is 23.2. The number of carbonyl (C=O) groups is 1. The molecule has 0 unspecified atom stereocenters. The van der Waals surface area contributed by atoms with Crippen molar-refractivity contribution in [2.45, 2.75) is 6.18 Å². The van der Waals surface area contributed by atoms with E-state index in [0.717, 1.165) is 10.7 Å². The summed E-state index contributed by atoms with van der Waals surface area (Å²) in [5, 5.41) is 5.79. The molecular formula is C23H10ClF6N3O. The maximum Gasteiger partial charge on any atom is 0.435 e. The Morgan fingerprint density at radius 2 is 1.65 bits per heavy atom. The first-order chi connectivity index (χ1) is 16.0. The average molecular weight is 494 g/mol. The molecule has 0 aliphatic rings. The third kappa shape index (κ3) is 4.56. The molecule has 0 aliphatic heterocycles. The molecule has 0 aliphatic carbocycles. The highest BCUT2D eigenvalue weighted by Gasteiger charge is 2.35. The molecule has 11 heteroatoms. The van der Waals surface area contributed by atoms with E-state index < -0.39 is 40.9 Å². The Kier molecular flexibility index (Phi) is 5.98. The number of carbonyl (C=O) groups excluding carboxylic acids is 1. The minimum Gasteiger partial charge on any atom is -0.319 e. The summed E-state index contributed by atoms with van der Waals surface area (Å²) in [6.07, 6.45) is -4.74. The molecule has 0 saturated heterocycles. The Hall–Kier alpha value is -3.97. The van der Waals surface area contributed by atoms with Crippen LogP contribution in [0.5, 0.6) is 0 Å². The predicted octanol–water partition coefficient (Wildman–Crippen LogP) is 6.48. The van der Waals surface area contributed by atoms with Gasteiger partial charge in [0, 0.05) is 23.3 Å². The molecule has 4 aromatic rings. The molecule has 0 saturated carbocycles. The third-order valence-corrected chi connectivity index (χ3v) is 4.95. The molecule has 0 atom stereocenters. The second kappa shape index (κ2) is 8.76. The summed E-state index contributed by atoms with van der Waals surface area (Å²) in [5.41, 5.74) is -1.49. The van der Waals surface area contributed by atoms with Crippen LogP contribution in [0, 0.1) is 29.6 Å². The van der Waals surface area contributed by atoms with Crippen molar-refractivity contribution in [2.24, 2.45) is 0 Å². The zero-order valence-electron chi connectivity index (χ0n) is 16.6. The van der Waals surface area contributed by atoms with E-state index in [1.54, 1.807) is 0 Å². The Morgan fingerprint density at radius 3 is 2.29 bits per heavy atom. The fraction of sp³-hybridized carbons (Fsp3) is 0.0435. The summed E-state index contributed by atoms with van der Waals surface area (Å²) < 4.78 is 81.1. The van der Waals surface area contributed by atoms with Crippen LogP contribution in [-0.4, -0.2) is 15.7 Å². The van der Waals surface area contributed by atoms with Crippen molar-refractivity contribution in [1.82, 2.24) is 9.78 Å². The van der Waals surface area contributed by atoms with Gasteiger partial charge in [-0.2, -0.15) is 18.3 Å². The van der Waals surface area contributed by atoms with Crippen molar-refractivity contribution in [3.05, 3.63) is 100 Å². The van der Waals surface area contributed by atoms with E-state index in [-0.39, 0.29) is 33.6 Å². The van der Waals surface area contributed by atoms with E-state index >= 15 is 0 Å². The predicted molar refractivity (Wildman–Crippen MR) is 111 cm³/mol. The number of nitrogens with zero attached hydrogens (tertiary/aromatic N) is 2. The van der Waals surface area contributed by atoms with Crippen LogP contribution in [-0.2, 0) is 6.18 Å². The topological polar surface area (TPSA) is 46.9 Å². The van der Waals surface area contributed by atoms with Gasteiger partial charge in [-0.05, 0) is 36.4 Å². The molecule has 0 spiro atoms. The lowest BCUT2D eigenvalue weighted by Crippen LogP contribution is -2.13. The van der Waals surface area contributed by atoms with E-state index in [1.807, 2.05) is 0 Å². The minimum atomic E-state index is -4.74. The Bertz CT molecular complexity index is 1380. The molecule has 0 radical (unpaired) electrons. The van der Waals surface area contributed by atoms with Crippen LogP contribution in [0.25, 0.3) is 16.9 Å². The van der Waals surface area contributed by atoms with Crippen molar-refractivity contribution in [2.75, 3.05) is 5.32 Å². The molecule has 1 aromatic heterocycles. The van der Waals surface area contributed by atoms with Gasteiger partial charge in [0.25, 0.3) is 5.91 Å². The summed E-state index contributed by atoms with van der Waals surface area (Å²) in [5.74, 6) is -4.80. The number of amides is 1. The number of rotatable bonds is 4. The number of nitrogens with one attached hydrogen (secondary N) is 1. The number of hydrogen-bond donors (Lipinski definition) is 1. The number of hydrogen-bond acceptors (Lipinski definition) is 2. The van der Waals surface area contributed by atoms with Gasteiger partial charge in [-0.1, -0.05) is 29.8 Å². The van der Waals surface area contributed by atoms with Gasteiger partial charge in [0.15, 0.2) is 17.3 Å². The first-order valence-electron chi connectivity index (χ1n) is 9.36. The van der Waals surface area contributed by atoms with Crippen LogP contribution >= 0.6 is 11.6 Å². The number of benzene rings is 2. The summed E-state index contributed by atoms with van der Waals surface area (Å²) >= 11 is 6.09. The lowest BCUT2D eigenvalue weighted by molar-refractivity contribution is -0.141. The molecule has 172 valence electrons. The van der Waals surface area contributed by atoms with E-state index in [4.69, 9.17) is 11.6 Å². The van der Waals surface area contributed by atoms with Crippen LogP contribution in [0.15, 0.2) is 54.6 Å². The standard InChI is InChI=1S/C23H10ClF6N3O/c24-14-3-1-2-4-19(14)33-20(11-21(32-33)23(28,29)30)12-5-7-13(8-6-12)22(34)31-18-10-16(26)15(25)9-17(18)27/h1,3,5-11H,(H,31,34). The van der Waals surface area contributed by atoms with Gasteiger partial charge in [-0.15, -0.1) is 0 Å². The van der Waals surface area contributed by atoms with Gasteiger partial charge in [-0.25, -0.2) is 17.9 Å².